The molecule has 0 saturated heterocycles. The molecule has 39 heavy (non-hydrogen) atoms. The number of rotatable bonds is 3. The molecule has 0 unspecified atom stereocenters. The fraction of sp³-hybridized carbons (Fsp3) is 0. The first-order chi connectivity index (χ1) is 24.8. The molecule has 0 N–H and O–H groups in total. The van der Waals surface area contributed by atoms with Gasteiger partial charge in [0.2, 0.25) is 0 Å². The molecule has 1 nitrogen and oxygen atoms in total. The Morgan fingerprint density at radius 2 is 1.00 bits per heavy atom. The first-order valence-electron chi connectivity index (χ1n) is 18.8. The van der Waals surface area contributed by atoms with E-state index in [1.165, 1.54) is 0 Å². The summed E-state index contributed by atoms with van der Waals surface area (Å²) in [5.74, 6) is 0. The van der Waals surface area contributed by atoms with Gasteiger partial charge in [-0.25, -0.2) is 0 Å². The summed E-state index contributed by atoms with van der Waals surface area (Å²) in [6.07, 6.45) is 0. The third-order valence-corrected chi connectivity index (χ3v) is 6.98. The molecule has 0 amide bonds. The van der Waals surface area contributed by atoms with Gasteiger partial charge < -0.3 is 4.42 Å². The summed E-state index contributed by atoms with van der Waals surface area (Å²) in [4.78, 5) is 0. The summed E-state index contributed by atoms with van der Waals surface area (Å²) in [7, 11) is 0. The van der Waals surface area contributed by atoms with Crippen LogP contribution in [0.5, 0.6) is 0 Å². The minimum Gasteiger partial charge on any atom is -0.455 e. The van der Waals surface area contributed by atoms with Crippen molar-refractivity contribution in [2.24, 2.45) is 0 Å². The van der Waals surface area contributed by atoms with Crippen molar-refractivity contribution < 1.29 is 22.2 Å². The summed E-state index contributed by atoms with van der Waals surface area (Å²) < 4.78 is 121. The van der Waals surface area contributed by atoms with Crippen LogP contribution in [0.2, 0.25) is 0 Å². The van der Waals surface area contributed by atoms with Gasteiger partial charge in [0, 0.05) is 16.3 Å². The van der Waals surface area contributed by atoms with Gasteiger partial charge in [-0.05, 0) is 67.6 Å². The molecular weight excluding hydrogens is 472 g/mol. The number of benzene rings is 7. The topological polar surface area (TPSA) is 13.1 Å². The highest BCUT2D eigenvalue weighted by atomic mass is 16.3. The molecule has 0 radical (unpaired) electrons. The Balaban J connectivity index is 1.72. The van der Waals surface area contributed by atoms with Crippen molar-refractivity contribution in [3.63, 3.8) is 0 Å². The van der Waals surface area contributed by atoms with Gasteiger partial charge in [-0.1, -0.05) is 127 Å². The van der Waals surface area contributed by atoms with Gasteiger partial charge in [-0.15, -0.1) is 0 Å². The molecule has 0 aliphatic carbocycles. The average Bonchev–Trinajstić information content (AvgIpc) is 3.54. The molecule has 1 heterocycles. The van der Waals surface area contributed by atoms with Gasteiger partial charge >= 0.3 is 0 Å². The lowest BCUT2D eigenvalue weighted by molar-refractivity contribution is 0.670. The molecule has 1 heteroatoms. The number of furan rings is 1. The summed E-state index contributed by atoms with van der Waals surface area (Å²) >= 11 is 0. The van der Waals surface area contributed by atoms with Crippen LogP contribution in [0.15, 0.2) is 150 Å². The van der Waals surface area contributed by atoms with Crippen molar-refractivity contribution >= 4 is 43.5 Å². The van der Waals surface area contributed by atoms with E-state index in [1.807, 2.05) is 54.6 Å². The Morgan fingerprint density at radius 3 is 1.67 bits per heavy atom. The molecule has 0 bridgehead atoms. The fourth-order valence-corrected chi connectivity index (χ4v) is 5.34. The van der Waals surface area contributed by atoms with Crippen molar-refractivity contribution in [2.45, 2.75) is 0 Å². The average molecular weight is 510 g/mol. The highest BCUT2D eigenvalue weighted by Gasteiger charge is 2.20. The maximum atomic E-state index is 9.28. The SMILES string of the molecule is [2H]c1c([2H])c([2H])c(-c2c3c([2H])c([2H])c([2H])c([2H])c3c(-c3cc(-c4ccccc4)c4oc5ccccc5c4c3)c3c([2H])c([2H])c([2H])c([2H])c23)c([2H])c1[2H]. The van der Waals surface area contributed by atoms with E-state index >= 15 is 0 Å². The van der Waals surface area contributed by atoms with Gasteiger partial charge in [-0.3, -0.25) is 0 Å². The quantitative estimate of drug-likeness (QED) is 0.216. The van der Waals surface area contributed by atoms with E-state index in [0.717, 1.165) is 10.9 Å². The van der Waals surface area contributed by atoms with Crippen LogP contribution in [0.4, 0.5) is 0 Å². The minimum absolute atomic E-state index is 0.0597. The van der Waals surface area contributed by atoms with Crippen molar-refractivity contribution in [3.8, 4) is 33.4 Å². The Labute approximate surface area is 244 Å². The van der Waals surface area contributed by atoms with Crippen LogP contribution < -0.4 is 0 Å². The molecular formula is C38H24O. The zero-order chi connectivity index (χ0) is 37.1. The molecule has 0 aliphatic heterocycles. The van der Waals surface area contributed by atoms with Gasteiger partial charge in [0.05, 0.1) is 17.8 Å². The van der Waals surface area contributed by atoms with Crippen LogP contribution in [0.25, 0.3) is 76.9 Å². The molecule has 182 valence electrons. The lowest BCUT2D eigenvalue weighted by Crippen LogP contribution is -1.91. The number of hydrogen-bond donors (Lipinski definition) is 0. The third kappa shape index (κ3) is 3.41. The van der Waals surface area contributed by atoms with E-state index in [-0.39, 0.29) is 32.7 Å². The number of hydrogen-bond acceptors (Lipinski definition) is 1. The van der Waals surface area contributed by atoms with Crippen LogP contribution in [-0.2, 0) is 0 Å². The van der Waals surface area contributed by atoms with E-state index < -0.39 is 84.1 Å². The van der Waals surface area contributed by atoms with Gasteiger partial charge in [0.1, 0.15) is 11.2 Å². The maximum Gasteiger partial charge on any atom is 0.143 e. The second-order valence-corrected chi connectivity index (χ2v) is 9.11. The summed E-state index contributed by atoms with van der Waals surface area (Å²) in [5.41, 5.74) is 2.11. The monoisotopic (exact) mass is 509 g/mol. The van der Waals surface area contributed by atoms with Crippen molar-refractivity contribution in [2.75, 3.05) is 0 Å². The van der Waals surface area contributed by atoms with Crippen LogP contribution in [0.3, 0.4) is 0 Å². The first-order valence-corrected chi connectivity index (χ1v) is 12.3. The van der Waals surface area contributed by atoms with Crippen LogP contribution in [0, 0.1) is 0 Å². The number of para-hydroxylation sites is 1. The van der Waals surface area contributed by atoms with Gasteiger partial charge in [0.25, 0.3) is 0 Å². The normalized spacial score (nSPS) is 16.3. The maximum absolute atomic E-state index is 9.28. The summed E-state index contributed by atoms with van der Waals surface area (Å²) in [5, 5.41) is 0.591. The predicted octanol–water partition coefficient (Wildman–Crippen LogP) is 10.9. The minimum atomic E-state index is -0.715. The van der Waals surface area contributed by atoms with E-state index in [1.54, 1.807) is 12.1 Å². The third-order valence-electron chi connectivity index (χ3n) is 6.98. The van der Waals surface area contributed by atoms with Crippen LogP contribution >= 0.6 is 0 Å². The number of fused-ring (bicyclic) bond motifs is 5. The zero-order valence-corrected chi connectivity index (χ0v) is 20.3. The van der Waals surface area contributed by atoms with E-state index in [2.05, 4.69) is 0 Å². The summed E-state index contributed by atoms with van der Waals surface area (Å²) in [6.45, 7) is 0. The molecule has 0 fully saturated rings. The van der Waals surface area contributed by atoms with Crippen molar-refractivity contribution in [1.29, 1.82) is 0 Å². The smallest absolute Gasteiger partial charge is 0.143 e. The molecule has 0 spiro atoms. The first kappa shape index (κ1) is 12.6. The van der Waals surface area contributed by atoms with Crippen molar-refractivity contribution in [3.05, 3.63) is 145 Å². The molecule has 7 aromatic carbocycles. The Kier molecular flexibility index (Phi) is 2.82. The molecule has 0 atom stereocenters. The lowest BCUT2D eigenvalue weighted by Gasteiger charge is -2.18. The van der Waals surface area contributed by atoms with Crippen LogP contribution in [0.1, 0.15) is 17.8 Å². The van der Waals surface area contributed by atoms with Gasteiger partial charge in [-0.2, -0.15) is 0 Å². The molecule has 0 aliphatic rings. The summed E-state index contributed by atoms with van der Waals surface area (Å²) in [6, 6.07) is 11.8. The molecule has 0 saturated carbocycles. The lowest BCUT2D eigenvalue weighted by atomic mass is 9.85. The largest absolute Gasteiger partial charge is 0.455 e. The highest BCUT2D eigenvalue weighted by Crippen LogP contribution is 2.46. The van der Waals surface area contributed by atoms with E-state index in [4.69, 9.17) is 16.8 Å². The Bertz CT molecular complexity index is 2770. The van der Waals surface area contributed by atoms with Crippen LogP contribution in [-0.4, -0.2) is 0 Å². The van der Waals surface area contributed by atoms with E-state index in [9.17, 15) is 5.48 Å². The Morgan fingerprint density at radius 1 is 0.436 bits per heavy atom. The molecule has 1 aromatic heterocycles. The zero-order valence-electron chi connectivity index (χ0n) is 33.3. The predicted molar refractivity (Wildman–Crippen MR) is 165 cm³/mol. The highest BCUT2D eigenvalue weighted by molar-refractivity contribution is 6.22. The Hall–Kier alpha value is -5.14. The second kappa shape index (κ2) is 8.72. The van der Waals surface area contributed by atoms with E-state index in [0.29, 0.717) is 27.7 Å². The molecule has 8 aromatic rings. The van der Waals surface area contributed by atoms with Crippen molar-refractivity contribution in [1.82, 2.24) is 0 Å². The second-order valence-electron chi connectivity index (χ2n) is 9.11. The van der Waals surface area contributed by atoms with Gasteiger partial charge in [0.15, 0.2) is 0 Å². The fourth-order valence-electron chi connectivity index (χ4n) is 5.34. The standard InChI is InChI=1S/C38H24O/c1-3-13-25(14-4-1)33-23-27(24-34-28-17-11-12-22-35(28)39-38(33)34)37-31-20-9-7-18-29(31)36(26-15-5-2-6-16-26)30-19-8-10-21-32(30)37/h1-24H/i2D,5D,6D,7D,8D,9D,10D,15D,16D,18D,19D,20D,21D. The molecule has 8 rings (SSSR count).